The molecular weight excluding hydrogens is 422 g/mol. The van der Waals surface area contributed by atoms with Gasteiger partial charge in [-0.15, -0.1) is 0 Å². The predicted octanol–water partition coefficient (Wildman–Crippen LogP) is 6.63. The van der Waals surface area contributed by atoms with Gasteiger partial charge in [-0.2, -0.15) is 0 Å². The number of rotatable bonds is 10. The Morgan fingerprint density at radius 1 is 1.00 bits per heavy atom. The van der Waals surface area contributed by atoms with Crippen LogP contribution in [0.3, 0.4) is 0 Å². The zero-order valence-electron chi connectivity index (χ0n) is 20.1. The molecule has 1 aliphatic carbocycles. The zero-order chi connectivity index (χ0) is 23.6. The van der Waals surface area contributed by atoms with Crippen molar-refractivity contribution in [1.29, 1.82) is 0 Å². The van der Waals surface area contributed by atoms with Crippen LogP contribution in [0.5, 0.6) is 5.75 Å². The summed E-state index contributed by atoms with van der Waals surface area (Å²) in [7, 11) is 1.66. The number of hydrogen-bond acceptors (Lipinski definition) is 4. The van der Waals surface area contributed by atoms with Crippen LogP contribution in [-0.4, -0.2) is 23.0 Å². The largest absolute Gasteiger partial charge is 0.497 e. The van der Waals surface area contributed by atoms with Crippen LogP contribution in [0.25, 0.3) is 11.3 Å². The summed E-state index contributed by atoms with van der Waals surface area (Å²) in [6.45, 7) is 0. The lowest BCUT2D eigenvalue weighted by atomic mass is 9.86. The van der Waals surface area contributed by atoms with Gasteiger partial charge < -0.3 is 10.1 Å². The number of hydrogen-bond donors (Lipinski definition) is 1. The Labute approximate surface area is 203 Å². The van der Waals surface area contributed by atoms with Gasteiger partial charge in [0.15, 0.2) is 5.82 Å². The highest BCUT2D eigenvalue weighted by Crippen LogP contribution is 2.29. The van der Waals surface area contributed by atoms with E-state index < -0.39 is 0 Å². The minimum absolute atomic E-state index is 0.00125. The van der Waals surface area contributed by atoms with E-state index in [0.29, 0.717) is 12.2 Å². The second kappa shape index (κ2) is 12.3. The van der Waals surface area contributed by atoms with E-state index in [-0.39, 0.29) is 5.91 Å². The van der Waals surface area contributed by atoms with Gasteiger partial charge in [0.05, 0.1) is 24.7 Å². The third-order valence-corrected chi connectivity index (χ3v) is 6.71. The lowest BCUT2D eigenvalue weighted by Gasteiger charge is -2.21. The quantitative estimate of drug-likeness (QED) is 0.371. The van der Waals surface area contributed by atoms with Crippen LogP contribution in [0.2, 0.25) is 0 Å². The summed E-state index contributed by atoms with van der Waals surface area (Å²) >= 11 is 0. The summed E-state index contributed by atoms with van der Waals surface area (Å²) in [5.41, 5.74) is 3.96. The number of nitrogens with zero attached hydrogens (tertiary/aromatic N) is 2. The predicted molar refractivity (Wildman–Crippen MR) is 137 cm³/mol. The van der Waals surface area contributed by atoms with E-state index in [9.17, 15) is 4.79 Å². The Balaban J connectivity index is 1.44. The number of nitrogens with one attached hydrogen (secondary N) is 1. The number of anilines is 1. The number of carbonyl (C=O) groups is 1. The van der Waals surface area contributed by atoms with Gasteiger partial charge in [0, 0.05) is 12.0 Å². The first-order chi connectivity index (χ1) is 16.7. The molecule has 178 valence electrons. The average molecular weight is 458 g/mol. The van der Waals surface area contributed by atoms with Gasteiger partial charge in [0.2, 0.25) is 5.91 Å². The molecule has 0 bridgehead atoms. The number of benzene rings is 2. The number of ether oxygens (including phenoxy) is 1. The SMILES string of the molecule is COc1ccc(-c2cnc(NC(=O)CCCc3ccccc3)c(CCC3CCCCC3)n2)cc1. The third-order valence-electron chi connectivity index (χ3n) is 6.71. The van der Waals surface area contributed by atoms with Crippen LogP contribution in [0, 0.1) is 5.92 Å². The molecule has 1 N–H and O–H groups in total. The van der Waals surface area contributed by atoms with Crippen molar-refractivity contribution in [2.45, 2.75) is 64.2 Å². The van der Waals surface area contributed by atoms with Crippen LogP contribution in [0.15, 0.2) is 60.8 Å². The molecule has 1 amide bonds. The molecule has 0 aliphatic heterocycles. The van der Waals surface area contributed by atoms with Crippen molar-refractivity contribution >= 4 is 11.7 Å². The number of amides is 1. The molecule has 3 aromatic rings. The molecule has 1 aliphatic rings. The lowest BCUT2D eigenvalue weighted by Crippen LogP contribution is -2.16. The average Bonchev–Trinajstić information content (AvgIpc) is 2.89. The van der Waals surface area contributed by atoms with Gasteiger partial charge in [0.25, 0.3) is 0 Å². The molecule has 1 fully saturated rings. The second-order valence-corrected chi connectivity index (χ2v) is 9.21. The molecule has 0 saturated heterocycles. The summed E-state index contributed by atoms with van der Waals surface area (Å²) in [6, 6.07) is 18.1. The van der Waals surface area contributed by atoms with Gasteiger partial charge in [-0.3, -0.25) is 4.79 Å². The van der Waals surface area contributed by atoms with E-state index in [1.54, 1.807) is 13.3 Å². The zero-order valence-corrected chi connectivity index (χ0v) is 20.1. The third kappa shape index (κ3) is 6.89. The van der Waals surface area contributed by atoms with E-state index in [1.807, 2.05) is 42.5 Å². The Hall–Kier alpha value is -3.21. The number of carbonyl (C=O) groups excluding carboxylic acids is 1. The van der Waals surface area contributed by atoms with Crippen LogP contribution in [0.1, 0.15) is 62.6 Å². The molecular formula is C29H35N3O2. The molecule has 0 unspecified atom stereocenters. The fraction of sp³-hybridized carbons (Fsp3) is 0.414. The lowest BCUT2D eigenvalue weighted by molar-refractivity contribution is -0.116. The number of aromatic nitrogens is 2. The molecule has 2 aromatic carbocycles. The highest BCUT2D eigenvalue weighted by molar-refractivity contribution is 5.90. The second-order valence-electron chi connectivity index (χ2n) is 9.21. The fourth-order valence-electron chi connectivity index (χ4n) is 4.72. The van der Waals surface area contributed by atoms with Crippen molar-refractivity contribution in [1.82, 2.24) is 9.97 Å². The summed E-state index contributed by atoms with van der Waals surface area (Å²) in [5.74, 6) is 2.17. The van der Waals surface area contributed by atoms with Crippen molar-refractivity contribution in [3.8, 4) is 17.0 Å². The van der Waals surface area contributed by atoms with E-state index in [0.717, 1.165) is 54.3 Å². The van der Waals surface area contributed by atoms with Crippen molar-refractivity contribution in [2.24, 2.45) is 5.92 Å². The van der Waals surface area contributed by atoms with Gasteiger partial charge in [-0.05, 0) is 61.4 Å². The van der Waals surface area contributed by atoms with Gasteiger partial charge >= 0.3 is 0 Å². The Kier molecular flexibility index (Phi) is 8.66. The van der Waals surface area contributed by atoms with Crippen LogP contribution in [0.4, 0.5) is 5.82 Å². The molecule has 1 heterocycles. The maximum absolute atomic E-state index is 12.7. The van der Waals surface area contributed by atoms with Crippen molar-refractivity contribution in [3.05, 3.63) is 72.1 Å². The molecule has 34 heavy (non-hydrogen) atoms. The van der Waals surface area contributed by atoms with Crippen LogP contribution < -0.4 is 10.1 Å². The minimum Gasteiger partial charge on any atom is -0.497 e. The topological polar surface area (TPSA) is 64.1 Å². The van der Waals surface area contributed by atoms with E-state index in [2.05, 4.69) is 22.4 Å². The molecule has 1 aromatic heterocycles. The molecule has 0 spiro atoms. The van der Waals surface area contributed by atoms with E-state index in [1.165, 1.54) is 37.7 Å². The van der Waals surface area contributed by atoms with E-state index in [4.69, 9.17) is 9.72 Å². The van der Waals surface area contributed by atoms with Gasteiger partial charge in [-0.25, -0.2) is 9.97 Å². The maximum Gasteiger partial charge on any atom is 0.225 e. The standard InChI is InChI=1S/C29H35N3O2/c1-34-25-18-16-24(17-19-25)27-21-30-29(26(31-27)20-15-23-11-6-3-7-12-23)32-28(33)14-8-13-22-9-4-2-5-10-22/h2,4-5,9-10,16-19,21,23H,3,6-8,11-15,20H2,1H3,(H,30,32,33). The molecule has 1 saturated carbocycles. The highest BCUT2D eigenvalue weighted by atomic mass is 16.5. The van der Waals surface area contributed by atoms with Crippen molar-refractivity contribution in [3.63, 3.8) is 0 Å². The first-order valence-corrected chi connectivity index (χ1v) is 12.6. The van der Waals surface area contributed by atoms with Crippen molar-refractivity contribution in [2.75, 3.05) is 12.4 Å². The van der Waals surface area contributed by atoms with Crippen molar-refractivity contribution < 1.29 is 9.53 Å². The minimum atomic E-state index is 0.00125. The summed E-state index contributed by atoms with van der Waals surface area (Å²) in [6.07, 6.45) is 12.5. The van der Waals surface area contributed by atoms with Crippen LogP contribution in [-0.2, 0) is 17.6 Å². The first kappa shape index (κ1) is 23.9. The molecule has 0 radical (unpaired) electrons. The summed E-state index contributed by atoms with van der Waals surface area (Å²) in [4.78, 5) is 22.3. The fourth-order valence-corrected chi connectivity index (χ4v) is 4.72. The normalized spacial score (nSPS) is 14.0. The Morgan fingerprint density at radius 2 is 1.76 bits per heavy atom. The first-order valence-electron chi connectivity index (χ1n) is 12.6. The molecule has 5 heteroatoms. The summed E-state index contributed by atoms with van der Waals surface area (Å²) in [5, 5.41) is 3.05. The Morgan fingerprint density at radius 3 is 2.50 bits per heavy atom. The summed E-state index contributed by atoms with van der Waals surface area (Å²) < 4.78 is 5.27. The Bertz CT molecular complexity index is 1040. The van der Waals surface area contributed by atoms with Gasteiger partial charge in [0.1, 0.15) is 5.75 Å². The van der Waals surface area contributed by atoms with Gasteiger partial charge in [-0.1, -0.05) is 62.4 Å². The number of aryl methyl sites for hydroxylation is 2. The van der Waals surface area contributed by atoms with E-state index >= 15 is 0 Å². The highest BCUT2D eigenvalue weighted by Gasteiger charge is 2.17. The smallest absolute Gasteiger partial charge is 0.225 e. The number of methoxy groups -OCH3 is 1. The maximum atomic E-state index is 12.7. The monoisotopic (exact) mass is 457 g/mol. The molecule has 4 rings (SSSR count). The van der Waals surface area contributed by atoms with Crippen LogP contribution >= 0.6 is 0 Å². The molecule has 0 atom stereocenters. The molecule has 5 nitrogen and oxygen atoms in total.